The number of rotatable bonds is 3. The molecule has 0 heterocycles. The van der Waals surface area contributed by atoms with Crippen molar-refractivity contribution in [3.63, 3.8) is 0 Å². The summed E-state index contributed by atoms with van der Waals surface area (Å²) < 4.78 is 0.375. The van der Waals surface area contributed by atoms with E-state index >= 15 is 0 Å². The van der Waals surface area contributed by atoms with Crippen molar-refractivity contribution < 1.29 is 20.1 Å². The Morgan fingerprint density at radius 3 is 2.53 bits per heavy atom. The van der Waals surface area contributed by atoms with E-state index in [9.17, 15) is 9.90 Å². The number of aliphatic hydroxyl groups is 2. The zero-order valence-electron chi connectivity index (χ0n) is 7.39. The van der Waals surface area contributed by atoms with Crippen molar-refractivity contribution in [1.29, 1.82) is 0 Å². The van der Waals surface area contributed by atoms with E-state index in [1.807, 2.05) is 0 Å². The molecule has 0 aliphatic heterocycles. The van der Waals surface area contributed by atoms with Gasteiger partial charge in [-0.05, 0) is 27.6 Å². The molecular formula is C9H8BrClO4. The van der Waals surface area contributed by atoms with Gasteiger partial charge in [-0.3, -0.25) is 0 Å². The van der Waals surface area contributed by atoms with Crippen LogP contribution in [0.5, 0.6) is 0 Å². The maximum atomic E-state index is 10.5. The molecule has 0 radical (unpaired) electrons. The molecule has 0 aromatic heterocycles. The lowest BCUT2D eigenvalue weighted by Crippen LogP contribution is -2.27. The molecule has 0 fully saturated rings. The second-order valence-corrected chi connectivity index (χ2v) is 4.07. The van der Waals surface area contributed by atoms with Gasteiger partial charge in [-0.1, -0.05) is 23.7 Å². The third kappa shape index (κ3) is 2.69. The Kier molecular flexibility index (Phi) is 4.10. The summed E-state index contributed by atoms with van der Waals surface area (Å²) in [5.74, 6) is -1.49. The first-order valence-corrected chi connectivity index (χ1v) is 5.15. The predicted molar refractivity (Wildman–Crippen MR) is 57.8 cm³/mol. The maximum absolute atomic E-state index is 10.5. The van der Waals surface area contributed by atoms with Crippen molar-refractivity contribution in [3.8, 4) is 0 Å². The summed E-state index contributed by atoms with van der Waals surface area (Å²) in [6.07, 6.45) is -3.39. The summed E-state index contributed by atoms with van der Waals surface area (Å²) in [6, 6.07) is 4.61. The summed E-state index contributed by atoms with van der Waals surface area (Å²) in [5.41, 5.74) is 0.234. The third-order valence-corrected chi connectivity index (χ3v) is 3.28. The smallest absolute Gasteiger partial charge is 0.335 e. The molecule has 0 aliphatic rings. The highest BCUT2D eigenvalue weighted by atomic mass is 79.9. The van der Waals surface area contributed by atoms with Gasteiger partial charge in [0.2, 0.25) is 0 Å². The lowest BCUT2D eigenvalue weighted by atomic mass is 10.0. The molecule has 1 aromatic carbocycles. The Morgan fingerprint density at radius 2 is 2.00 bits per heavy atom. The Morgan fingerprint density at radius 1 is 1.40 bits per heavy atom. The molecule has 0 saturated carbocycles. The molecule has 3 N–H and O–H groups in total. The number of benzene rings is 1. The van der Waals surface area contributed by atoms with Crippen LogP contribution in [0.25, 0.3) is 0 Å². The van der Waals surface area contributed by atoms with Gasteiger partial charge in [0.05, 0.1) is 5.02 Å². The number of carboxylic acids is 1. The van der Waals surface area contributed by atoms with Crippen LogP contribution < -0.4 is 0 Å². The zero-order chi connectivity index (χ0) is 11.6. The highest BCUT2D eigenvalue weighted by Crippen LogP contribution is 2.31. The summed E-state index contributed by atoms with van der Waals surface area (Å²) in [7, 11) is 0. The molecule has 4 nitrogen and oxygen atoms in total. The molecule has 0 aliphatic carbocycles. The largest absolute Gasteiger partial charge is 0.479 e. The van der Waals surface area contributed by atoms with Gasteiger partial charge in [-0.25, -0.2) is 4.79 Å². The van der Waals surface area contributed by atoms with E-state index in [0.717, 1.165) is 0 Å². The minimum absolute atomic E-state index is 0.234. The fourth-order valence-corrected chi connectivity index (χ4v) is 1.73. The number of carboxylic acid groups (broad SMARTS) is 1. The van der Waals surface area contributed by atoms with Gasteiger partial charge in [0.15, 0.2) is 6.10 Å². The molecule has 0 spiro atoms. The van der Waals surface area contributed by atoms with Gasteiger partial charge < -0.3 is 15.3 Å². The van der Waals surface area contributed by atoms with Crippen LogP contribution in [0.4, 0.5) is 0 Å². The fourth-order valence-electron chi connectivity index (χ4n) is 1.05. The molecule has 15 heavy (non-hydrogen) atoms. The first kappa shape index (κ1) is 12.4. The molecule has 1 aromatic rings. The van der Waals surface area contributed by atoms with Crippen LogP contribution in [0, 0.1) is 0 Å². The number of aliphatic hydroxyl groups excluding tert-OH is 2. The lowest BCUT2D eigenvalue weighted by Gasteiger charge is -2.16. The molecule has 0 saturated heterocycles. The van der Waals surface area contributed by atoms with Gasteiger partial charge in [0.25, 0.3) is 0 Å². The number of hydrogen-bond acceptors (Lipinski definition) is 3. The SMILES string of the molecule is O=C(O)C(O)C(O)c1cccc(Cl)c1Br. The van der Waals surface area contributed by atoms with Crippen LogP contribution in [0.1, 0.15) is 11.7 Å². The molecule has 0 amide bonds. The van der Waals surface area contributed by atoms with E-state index in [-0.39, 0.29) is 5.56 Å². The van der Waals surface area contributed by atoms with Crippen LogP contribution >= 0.6 is 27.5 Å². The van der Waals surface area contributed by atoms with Crippen LogP contribution in [-0.2, 0) is 4.79 Å². The number of carbonyl (C=O) groups is 1. The monoisotopic (exact) mass is 294 g/mol. The third-order valence-electron chi connectivity index (χ3n) is 1.85. The molecule has 2 unspecified atom stereocenters. The van der Waals surface area contributed by atoms with E-state index in [4.69, 9.17) is 21.8 Å². The van der Waals surface area contributed by atoms with E-state index < -0.39 is 18.2 Å². The summed E-state index contributed by atoms with van der Waals surface area (Å²) in [6.45, 7) is 0. The summed E-state index contributed by atoms with van der Waals surface area (Å²) in [5, 5.41) is 27.5. The molecule has 82 valence electrons. The second-order valence-electron chi connectivity index (χ2n) is 2.87. The molecular weight excluding hydrogens is 287 g/mol. The van der Waals surface area contributed by atoms with Crippen LogP contribution in [-0.4, -0.2) is 27.4 Å². The van der Waals surface area contributed by atoms with Gasteiger partial charge >= 0.3 is 5.97 Å². The van der Waals surface area contributed by atoms with E-state index in [2.05, 4.69) is 15.9 Å². The van der Waals surface area contributed by atoms with Crippen molar-refractivity contribution >= 4 is 33.5 Å². The average molecular weight is 296 g/mol. The van der Waals surface area contributed by atoms with Crippen LogP contribution in [0.2, 0.25) is 5.02 Å². The first-order chi connectivity index (χ1) is 6.95. The van der Waals surface area contributed by atoms with Crippen LogP contribution in [0.3, 0.4) is 0 Å². The minimum Gasteiger partial charge on any atom is -0.479 e. The topological polar surface area (TPSA) is 77.8 Å². The number of aliphatic carboxylic acids is 1. The first-order valence-electron chi connectivity index (χ1n) is 3.98. The Hall–Kier alpha value is -0.620. The van der Waals surface area contributed by atoms with Crippen molar-refractivity contribution in [2.45, 2.75) is 12.2 Å². The van der Waals surface area contributed by atoms with Gasteiger partial charge in [0.1, 0.15) is 6.10 Å². The molecule has 6 heteroatoms. The standard InChI is InChI=1S/C9H8BrClO4/c10-6-4(2-1-3-5(6)11)7(12)8(13)9(14)15/h1-3,7-8,12-13H,(H,14,15). The number of hydrogen-bond donors (Lipinski definition) is 3. The predicted octanol–water partition coefficient (Wildman–Crippen LogP) is 1.58. The zero-order valence-corrected chi connectivity index (χ0v) is 9.73. The second kappa shape index (κ2) is 4.94. The molecule has 2 atom stereocenters. The van der Waals surface area contributed by atoms with Crippen molar-refractivity contribution in [2.24, 2.45) is 0 Å². The van der Waals surface area contributed by atoms with Gasteiger partial charge in [-0.15, -0.1) is 0 Å². The van der Waals surface area contributed by atoms with Crippen LogP contribution in [0.15, 0.2) is 22.7 Å². The number of halogens is 2. The quantitative estimate of drug-likeness (QED) is 0.791. The highest BCUT2D eigenvalue weighted by Gasteiger charge is 2.27. The fraction of sp³-hybridized carbons (Fsp3) is 0.222. The Labute approximate surface area is 99.2 Å². The van der Waals surface area contributed by atoms with Crippen molar-refractivity contribution in [1.82, 2.24) is 0 Å². The van der Waals surface area contributed by atoms with Crippen molar-refractivity contribution in [2.75, 3.05) is 0 Å². The Balaban J connectivity index is 3.06. The van der Waals surface area contributed by atoms with E-state index in [1.165, 1.54) is 6.07 Å². The van der Waals surface area contributed by atoms with Gasteiger partial charge in [0, 0.05) is 4.47 Å². The minimum atomic E-state index is -1.88. The summed E-state index contributed by atoms with van der Waals surface area (Å²) >= 11 is 8.86. The highest BCUT2D eigenvalue weighted by molar-refractivity contribution is 9.10. The van der Waals surface area contributed by atoms with E-state index in [0.29, 0.717) is 9.50 Å². The lowest BCUT2D eigenvalue weighted by molar-refractivity contribution is -0.153. The normalized spacial score (nSPS) is 14.7. The van der Waals surface area contributed by atoms with Crippen molar-refractivity contribution in [3.05, 3.63) is 33.3 Å². The molecule has 1 rings (SSSR count). The van der Waals surface area contributed by atoms with Gasteiger partial charge in [-0.2, -0.15) is 0 Å². The Bertz CT molecular complexity index is 382. The summed E-state index contributed by atoms with van der Waals surface area (Å²) in [4.78, 5) is 10.5. The average Bonchev–Trinajstić information content (AvgIpc) is 2.20. The van der Waals surface area contributed by atoms with E-state index in [1.54, 1.807) is 12.1 Å². The maximum Gasteiger partial charge on any atom is 0.335 e. The molecule has 0 bridgehead atoms.